The number of carbonyl (C=O) groups excluding carboxylic acids is 1. The molecular weight excluding hydrogens is 324 g/mol. The van der Waals surface area contributed by atoms with Crippen molar-refractivity contribution in [3.63, 3.8) is 0 Å². The number of amides is 1. The van der Waals surface area contributed by atoms with Gasteiger partial charge in [-0.3, -0.25) is 4.79 Å². The molecule has 130 valence electrons. The van der Waals surface area contributed by atoms with Crippen LogP contribution >= 0.6 is 11.6 Å². The summed E-state index contributed by atoms with van der Waals surface area (Å²) in [6.45, 7) is 0.528. The predicted octanol–water partition coefficient (Wildman–Crippen LogP) is 4.59. The molecule has 0 atom stereocenters. The van der Waals surface area contributed by atoms with Crippen LogP contribution in [0.15, 0.2) is 24.4 Å². The van der Waals surface area contributed by atoms with Gasteiger partial charge in [-0.05, 0) is 24.5 Å². The molecule has 1 aliphatic rings. The summed E-state index contributed by atoms with van der Waals surface area (Å²) in [5, 5.41) is 13.7. The number of aliphatic hydroxyl groups is 1. The van der Waals surface area contributed by atoms with Crippen molar-refractivity contribution in [2.45, 2.75) is 51.5 Å². The van der Waals surface area contributed by atoms with Crippen molar-refractivity contribution in [3.8, 4) is 0 Å². The van der Waals surface area contributed by atoms with Crippen LogP contribution in [0.1, 0.15) is 44.9 Å². The van der Waals surface area contributed by atoms with Gasteiger partial charge in [0, 0.05) is 24.5 Å². The summed E-state index contributed by atoms with van der Waals surface area (Å²) in [7, 11) is 0. The maximum atomic E-state index is 12.4. The van der Waals surface area contributed by atoms with Gasteiger partial charge in [0.1, 0.15) is 0 Å². The van der Waals surface area contributed by atoms with Crippen LogP contribution in [0.3, 0.4) is 0 Å². The zero-order valence-electron chi connectivity index (χ0n) is 13.9. The summed E-state index contributed by atoms with van der Waals surface area (Å²) < 4.78 is 1.93. The summed E-state index contributed by atoms with van der Waals surface area (Å²) >= 11 is 6.33. The summed E-state index contributed by atoms with van der Waals surface area (Å²) in [6.07, 6.45) is 9.85. The fraction of sp³-hybridized carbons (Fsp3) is 0.526. The fourth-order valence-corrected chi connectivity index (χ4v) is 3.99. The zero-order valence-corrected chi connectivity index (χ0v) is 14.7. The number of hydrogen-bond acceptors (Lipinski definition) is 2. The van der Waals surface area contributed by atoms with E-state index in [1.807, 2.05) is 29.0 Å². The van der Waals surface area contributed by atoms with Crippen molar-refractivity contribution in [2.75, 3.05) is 11.9 Å². The Bertz CT molecular complexity index is 705. The lowest BCUT2D eigenvalue weighted by Gasteiger charge is -2.20. The molecule has 1 fully saturated rings. The van der Waals surface area contributed by atoms with Crippen LogP contribution in [0.5, 0.6) is 0 Å². The highest BCUT2D eigenvalue weighted by Gasteiger charge is 2.17. The first-order chi connectivity index (χ1) is 11.7. The summed E-state index contributed by atoms with van der Waals surface area (Å²) in [6, 6.07) is 5.66. The van der Waals surface area contributed by atoms with E-state index in [4.69, 9.17) is 11.6 Å². The molecule has 2 aromatic rings. The van der Waals surface area contributed by atoms with E-state index in [0.29, 0.717) is 23.9 Å². The summed E-state index contributed by atoms with van der Waals surface area (Å²) in [5.74, 6) is 0.743. The number of nitrogens with one attached hydrogen (secondary N) is 1. The molecular formula is C19H25ClN2O2. The number of fused-ring (bicyclic) bond motifs is 1. The quantitative estimate of drug-likeness (QED) is 0.802. The number of rotatable bonds is 6. The number of carbonyl (C=O) groups is 1. The maximum Gasteiger partial charge on any atom is 0.224 e. The number of nitrogens with zero attached hydrogens (tertiary/aromatic N) is 1. The van der Waals surface area contributed by atoms with Gasteiger partial charge in [-0.15, -0.1) is 0 Å². The molecule has 0 bridgehead atoms. The lowest BCUT2D eigenvalue weighted by atomic mass is 9.86. The van der Waals surface area contributed by atoms with Crippen LogP contribution in [0.4, 0.5) is 5.69 Å². The summed E-state index contributed by atoms with van der Waals surface area (Å²) in [5.41, 5.74) is 1.66. The minimum Gasteiger partial charge on any atom is -0.395 e. The standard InChI is InChI=1S/C19H25ClN2O2/c20-15-7-4-8-17-19(15)16(13-22(17)11-12-23)21-18(24)10-9-14-5-2-1-3-6-14/h4,7-8,13-14,23H,1-3,5-6,9-12H2,(H,21,24). The highest BCUT2D eigenvalue weighted by molar-refractivity contribution is 6.36. The number of benzene rings is 1. The van der Waals surface area contributed by atoms with Crippen molar-refractivity contribution in [1.82, 2.24) is 4.57 Å². The molecule has 1 amide bonds. The molecule has 0 radical (unpaired) electrons. The Hall–Kier alpha value is -1.52. The van der Waals surface area contributed by atoms with Gasteiger partial charge < -0.3 is 15.0 Å². The van der Waals surface area contributed by atoms with Gasteiger partial charge in [0.05, 0.1) is 22.8 Å². The third kappa shape index (κ3) is 3.93. The van der Waals surface area contributed by atoms with Crippen molar-refractivity contribution in [1.29, 1.82) is 0 Å². The van der Waals surface area contributed by atoms with Gasteiger partial charge in [-0.1, -0.05) is 49.8 Å². The summed E-state index contributed by atoms with van der Waals surface area (Å²) in [4.78, 5) is 12.4. The van der Waals surface area contributed by atoms with E-state index < -0.39 is 0 Å². The average Bonchev–Trinajstić information content (AvgIpc) is 2.93. The van der Waals surface area contributed by atoms with E-state index in [9.17, 15) is 9.90 Å². The molecule has 24 heavy (non-hydrogen) atoms. The van der Waals surface area contributed by atoms with E-state index in [-0.39, 0.29) is 12.5 Å². The molecule has 0 saturated heterocycles. The molecule has 5 heteroatoms. The first-order valence-corrected chi connectivity index (χ1v) is 9.25. The van der Waals surface area contributed by atoms with Crippen LogP contribution in [0, 0.1) is 5.92 Å². The van der Waals surface area contributed by atoms with Crippen LogP contribution in [0.25, 0.3) is 10.9 Å². The first kappa shape index (κ1) is 17.3. The van der Waals surface area contributed by atoms with E-state index in [2.05, 4.69) is 5.32 Å². The third-order valence-electron chi connectivity index (χ3n) is 4.97. The zero-order chi connectivity index (χ0) is 16.9. The van der Waals surface area contributed by atoms with E-state index >= 15 is 0 Å². The van der Waals surface area contributed by atoms with Crippen molar-refractivity contribution >= 4 is 34.1 Å². The molecule has 1 heterocycles. The highest BCUT2D eigenvalue weighted by Crippen LogP contribution is 2.33. The molecule has 2 N–H and O–H groups in total. The van der Waals surface area contributed by atoms with E-state index in [1.54, 1.807) is 0 Å². The molecule has 0 spiro atoms. The number of anilines is 1. The molecule has 1 aromatic heterocycles. The Morgan fingerprint density at radius 2 is 2.08 bits per heavy atom. The monoisotopic (exact) mass is 348 g/mol. The van der Waals surface area contributed by atoms with Crippen LogP contribution in [-0.2, 0) is 11.3 Å². The molecule has 0 aliphatic heterocycles. The average molecular weight is 349 g/mol. The molecule has 3 rings (SSSR count). The van der Waals surface area contributed by atoms with Crippen molar-refractivity contribution in [3.05, 3.63) is 29.4 Å². The number of halogens is 1. The molecule has 4 nitrogen and oxygen atoms in total. The van der Waals surface area contributed by atoms with Crippen molar-refractivity contribution in [2.24, 2.45) is 5.92 Å². The Morgan fingerprint density at radius 1 is 1.29 bits per heavy atom. The second-order valence-corrected chi connectivity index (χ2v) is 7.09. The van der Waals surface area contributed by atoms with Gasteiger partial charge in [0.2, 0.25) is 5.91 Å². The minimum absolute atomic E-state index is 0.0449. The van der Waals surface area contributed by atoms with E-state index in [1.165, 1.54) is 32.1 Å². The number of hydrogen-bond donors (Lipinski definition) is 2. The Balaban J connectivity index is 1.70. The lowest BCUT2D eigenvalue weighted by molar-refractivity contribution is -0.116. The smallest absolute Gasteiger partial charge is 0.224 e. The number of aliphatic hydroxyl groups excluding tert-OH is 1. The molecule has 1 aliphatic carbocycles. The van der Waals surface area contributed by atoms with Gasteiger partial charge >= 0.3 is 0 Å². The Kier molecular flexibility index (Phi) is 5.80. The van der Waals surface area contributed by atoms with Crippen molar-refractivity contribution < 1.29 is 9.90 Å². The Morgan fingerprint density at radius 3 is 2.83 bits per heavy atom. The SMILES string of the molecule is O=C(CCC1CCCCC1)Nc1cn(CCO)c2cccc(Cl)c12. The van der Waals surface area contributed by atoms with Crippen LogP contribution in [-0.4, -0.2) is 22.2 Å². The highest BCUT2D eigenvalue weighted by atomic mass is 35.5. The Labute approximate surface area is 147 Å². The van der Waals surface area contributed by atoms with E-state index in [0.717, 1.165) is 23.0 Å². The first-order valence-electron chi connectivity index (χ1n) is 8.87. The topological polar surface area (TPSA) is 54.3 Å². The van der Waals surface area contributed by atoms with Gasteiger partial charge in [-0.2, -0.15) is 0 Å². The lowest BCUT2D eigenvalue weighted by Crippen LogP contribution is -2.14. The normalized spacial score (nSPS) is 15.8. The maximum absolute atomic E-state index is 12.4. The van der Waals surface area contributed by atoms with Gasteiger partial charge in [0.15, 0.2) is 0 Å². The van der Waals surface area contributed by atoms with Gasteiger partial charge in [-0.25, -0.2) is 0 Å². The molecule has 1 saturated carbocycles. The predicted molar refractivity (Wildman–Crippen MR) is 98.5 cm³/mol. The largest absolute Gasteiger partial charge is 0.395 e. The number of aromatic nitrogens is 1. The second-order valence-electron chi connectivity index (χ2n) is 6.68. The second kappa shape index (κ2) is 8.04. The molecule has 1 aromatic carbocycles. The van der Waals surface area contributed by atoms with Gasteiger partial charge in [0.25, 0.3) is 0 Å². The van der Waals surface area contributed by atoms with Crippen LogP contribution in [0.2, 0.25) is 5.02 Å². The fourth-order valence-electron chi connectivity index (χ4n) is 3.72. The minimum atomic E-state index is 0.0449. The molecule has 0 unspecified atom stereocenters. The van der Waals surface area contributed by atoms with Crippen LogP contribution < -0.4 is 5.32 Å². The third-order valence-corrected chi connectivity index (χ3v) is 5.29.